The third-order valence-corrected chi connectivity index (χ3v) is 3.94. The summed E-state index contributed by atoms with van der Waals surface area (Å²) in [6.45, 7) is 0. The average Bonchev–Trinajstić information content (AvgIpc) is 2.56. The number of aromatic carboxylic acids is 1. The van der Waals surface area contributed by atoms with Crippen LogP contribution in [-0.4, -0.2) is 16.1 Å². The summed E-state index contributed by atoms with van der Waals surface area (Å²) in [5.41, 5.74) is 3.37. The maximum atomic E-state index is 11.2. The molecule has 0 amide bonds. The number of carboxylic acid groups (broad SMARTS) is 1. The second-order valence-electron chi connectivity index (χ2n) is 4.93. The highest BCUT2D eigenvalue weighted by atomic mass is 35.5. The van der Waals surface area contributed by atoms with Gasteiger partial charge in [0.15, 0.2) is 0 Å². The van der Waals surface area contributed by atoms with Gasteiger partial charge in [-0.3, -0.25) is 0 Å². The lowest BCUT2D eigenvalue weighted by atomic mass is 9.96. The molecule has 3 rings (SSSR count). The molecule has 0 atom stereocenters. The largest absolute Gasteiger partial charge is 0.477 e. The van der Waals surface area contributed by atoms with E-state index in [1.807, 2.05) is 24.3 Å². The number of hydrogen-bond acceptors (Lipinski definition) is 2. The summed E-state index contributed by atoms with van der Waals surface area (Å²) in [6, 6.07) is 16.1. The Morgan fingerprint density at radius 2 is 1.30 bits per heavy atom. The summed E-state index contributed by atoms with van der Waals surface area (Å²) in [5.74, 6) is -1.07. The third-order valence-electron chi connectivity index (χ3n) is 3.43. The van der Waals surface area contributed by atoms with Crippen LogP contribution in [-0.2, 0) is 0 Å². The summed E-state index contributed by atoms with van der Waals surface area (Å²) in [5, 5.41) is 10.5. The van der Waals surface area contributed by atoms with Gasteiger partial charge in [0.25, 0.3) is 0 Å². The first-order valence-electron chi connectivity index (χ1n) is 6.80. The molecule has 0 unspecified atom stereocenters. The number of carboxylic acids is 1. The van der Waals surface area contributed by atoms with Crippen molar-refractivity contribution in [1.82, 2.24) is 4.98 Å². The number of rotatable bonds is 3. The molecule has 0 aliphatic heterocycles. The normalized spacial score (nSPS) is 10.5. The molecule has 0 saturated heterocycles. The molecule has 0 spiro atoms. The van der Waals surface area contributed by atoms with Crippen LogP contribution >= 0.6 is 23.2 Å². The Balaban J connectivity index is 2.20. The van der Waals surface area contributed by atoms with Gasteiger partial charge in [0.1, 0.15) is 5.69 Å². The first-order chi connectivity index (χ1) is 11.0. The summed E-state index contributed by atoms with van der Waals surface area (Å²) in [7, 11) is 0. The Labute approximate surface area is 143 Å². The molecule has 0 aliphatic carbocycles. The van der Waals surface area contributed by atoms with E-state index in [-0.39, 0.29) is 5.69 Å². The van der Waals surface area contributed by atoms with Crippen LogP contribution in [0.4, 0.5) is 0 Å². The number of nitrogens with zero attached hydrogens (tertiary/aromatic N) is 1. The SMILES string of the molecule is O=C(O)c1cc(-c2ccc(Cl)cc2)c(-c2ccc(Cl)cc2)cn1. The van der Waals surface area contributed by atoms with E-state index in [1.54, 1.807) is 36.5 Å². The van der Waals surface area contributed by atoms with Gasteiger partial charge in [0.2, 0.25) is 0 Å². The quantitative estimate of drug-likeness (QED) is 0.690. The Hall–Kier alpha value is -2.36. The van der Waals surface area contributed by atoms with Crippen molar-refractivity contribution in [1.29, 1.82) is 0 Å². The van der Waals surface area contributed by atoms with Crippen molar-refractivity contribution < 1.29 is 9.90 Å². The molecule has 23 heavy (non-hydrogen) atoms. The standard InChI is InChI=1S/C18H11Cl2NO2/c19-13-5-1-11(2-6-13)15-9-17(18(22)23)21-10-16(15)12-3-7-14(20)8-4-12/h1-10H,(H,22,23). The Kier molecular flexibility index (Phi) is 4.33. The first kappa shape index (κ1) is 15.5. The van der Waals surface area contributed by atoms with Crippen LogP contribution in [0.25, 0.3) is 22.3 Å². The number of halogens is 2. The summed E-state index contributed by atoms with van der Waals surface area (Å²) < 4.78 is 0. The highest BCUT2D eigenvalue weighted by Crippen LogP contribution is 2.33. The molecule has 1 N–H and O–H groups in total. The van der Waals surface area contributed by atoms with E-state index < -0.39 is 5.97 Å². The van der Waals surface area contributed by atoms with Gasteiger partial charge in [-0.15, -0.1) is 0 Å². The lowest BCUT2D eigenvalue weighted by molar-refractivity contribution is 0.0690. The van der Waals surface area contributed by atoms with Crippen molar-refractivity contribution in [3.63, 3.8) is 0 Å². The zero-order valence-corrected chi connectivity index (χ0v) is 13.3. The molecule has 1 aromatic heterocycles. The predicted molar refractivity (Wildman–Crippen MR) is 92.1 cm³/mol. The van der Waals surface area contributed by atoms with Gasteiger partial charge < -0.3 is 5.11 Å². The van der Waals surface area contributed by atoms with E-state index in [2.05, 4.69) is 4.98 Å². The second kappa shape index (κ2) is 6.41. The molecular formula is C18H11Cl2NO2. The fourth-order valence-corrected chi connectivity index (χ4v) is 2.55. The smallest absolute Gasteiger partial charge is 0.354 e. The zero-order valence-electron chi connectivity index (χ0n) is 11.8. The molecule has 0 bridgehead atoms. The van der Waals surface area contributed by atoms with Gasteiger partial charge in [-0.1, -0.05) is 47.5 Å². The molecule has 0 radical (unpaired) electrons. The van der Waals surface area contributed by atoms with Gasteiger partial charge in [0.05, 0.1) is 0 Å². The molecule has 0 fully saturated rings. The lowest BCUT2D eigenvalue weighted by Crippen LogP contribution is -2.01. The Morgan fingerprint density at radius 3 is 1.78 bits per heavy atom. The fraction of sp³-hybridized carbons (Fsp3) is 0. The molecule has 2 aromatic carbocycles. The lowest BCUT2D eigenvalue weighted by Gasteiger charge is -2.11. The second-order valence-corrected chi connectivity index (χ2v) is 5.81. The molecule has 0 aliphatic rings. The third kappa shape index (κ3) is 3.36. The van der Waals surface area contributed by atoms with Crippen molar-refractivity contribution in [2.75, 3.05) is 0 Å². The van der Waals surface area contributed by atoms with E-state index in [1.165, 1.54) is 0 Å². The van der Waals surface area contributed by atoms with Crippen LogP contribution in [0.2, 0.25) is 10.0 Å². The molecule has 0 saturated carbocycles. The number of benzene rings is 2. The van der Waals surface area contributed by atoms with Crippen molar-refractivity contribution in [2.45, 2.75) is 0 Å². The summed E-state index contributed by atoms with van der Waals surface area (Å²) in [6.07, 6.45) is 1.57. The molecule has 114 valence electrons. The van der Waals surface area contributed by atoms with Crippen molar-refractivity contribution in [2.24, 2.45) is 0 Å². The summed E-state index contributed by atoms with van der Waals surface area (Å²) >= 11 is 11.9. The van der Waals surface area contributed by atoms with Crippen molar-refractivity contribution in [3.05, 3.63) is 76.5 Å². The van der Waals surface area contributed by atoms with Crippen LogP contribution in [0, 0.1) is 0 Å². The highest BCUT2D eigenvalue weighted by molar-refractivity contribution is 6.31. The molecule has 1 heterocycles. The number of aromatic nitrogens is 1. The number of hydrogen-bond donors (Lipinski definition) is 1. The molecule has 5 heteroatoms. The number of carbonyl (C=O) groups is 1. The van der Waals surface area contributed by atoms with Crippen molar-refractivity contribution >= 4 is 29.2 Å². The van der Waals surface area contributed by atoms with Gasteiger partial charge in [-0.2, -0.15) is 0 Å². The maximum absolute atomic E-state index is 11.2. The number of pyridine rings is 1. The van der Waals surface area contributed by atoms with Gasteiger partial charge in [0, 0.05) is 21.8 Å². The minimum absolute atomic E-state index is 0.00679. The monoisotopic (exact) mass is 343 g/mol. The molecular weight excluding hydrogens is 333 g/mol. The van der Waals surface area contributed by atoms with Crippen LogP contribution in [0.1, 0.15) is 10.5 Å². The fourth-order valence-electron chi connectivity index (χ4n) is 2.30. The topological polar surface area (TPSA) is 50.2 Å². The van der Waals surface area contributed by atoms with Crippen LogP contribution in [0.15, 0.2) is 60.8 Å². The Bertz CT molecular complexity index is 859. The van der Waals surface area contributed by atoms with Gasteiger partial charge >= 0.3 is 5.97 Å². The van der Waals surface area contributed by atoms with Crippen LogP contribution in [0.3, 0.4) is 0 Å². The van der Waals surface area contributed by atoms with E-state index in [4.69, 9.17) is 23.2 Å². The summed E-state index contributed by atoms with van der Waals surface area (Å²) in [4.78, 5) is 15.3. The molecule has 3 nitrogen and oxygen atoms in total. The van der Waals surface area contributed by atoms with Gasteiger partial charge in [-0.25, -0.2) is 9.78 Å². The maximum Gasteiger partial charge on any atom is 0.354 e. The van der Waals surface area contributed by atoms with E-state index in [0.29, 0.717) is 10.0 Å². The minimum Gasteiger partial charge on any atom is -0.477 e. The Morgan fingerprint density at radius 1 is 0.826 bits per heavy atom. The predicted octanol–water partition coefficient (Wildman–Crippen LogP) is 5.42. The van der Waals surface area contributed by atoms with E-state index in [9.17, 15) is 9.90 Å². The average molecular weight is 344 g/mol. The minimum atomic E-state index is -1.07. The van der Waals surface area contributed by atoms with Crippen LogP contribution in [0.5, 0.6) is 0 Å². The van der Waals surface area contributed by atoms with E-state index >= 15 is 0 Å². The highest BCUT2D eigenvalue weighted by Gasteiger charge is 2.13. The molecule has 3 aromatic rings. The van der Waals surface area contributed by atoms with Crippen LogP contribution < -0.4 is 0 Å². The first-order valence-corrected chi connectivity index (χ1v) is 7.55. The zero-order chi connectivity index (χ0) is 16.4. The van der Waals surface area contributed by atoms with E-state index in [0.717, 1.165) is 22.3 Å². The van der Waals surface area contributed by atoms with Gasteiger partial charge in [-0.05, 0) is 47.0 Å². The van der Waals surface area contributed by atoms with Crippen molar-refractivity contribution in [3.8, 4) is 22.3 Å².